The number of nitrogens with zero attached hydrogens (tertiary/aromatic N) is 5. The quantitative estimate of drug-likeness (QED) is 0.640. The van der Waals surface area contributed by atoms with Gasteiger partial charge in [-0.05, 0) is 63.3 Å². The topological polar surface area (TPSA) is 38.9 Å². The summed E-state index contributed by atoms with van der Waals surface area (Å²) < 4.78 is 4.25. The van der Waals surface area contributed by atoms with Crippen molar-refractivity contribution >= 4 is 18.1 Å². The Balaban J connectivity index is 0.00000225. The second-order valence-electron chi connectivity index (χ2n) is 7.52. The molecule has 1 aliphatic heterocycles. The first kappa shape index (κ1) is 20.5. The van der Waals surface area contributed by atoms with E-state index in [1.54, 1.807) is 0 Å². The minimum absolute atomic E-state index is 0. The summed E-state index contributed by atoms with van der Waals surface area (Å²) >= 11 is 0. The molecule has 0 bridgehead atoms. The number of fused-ring (bicyclic) bond motifs is 1. The first-order valence-electron chi connectivity index (χ1n) is 9.96. The van der Waals surface area contributed by atoms with Crippen LogP contribution >= 0.6 is 12.4 Å². The largest absolute Gasteiger partial charge is 0.372 e. The molecule has 0 amide bonds. The summed E-state index contributed by atoms with van der Waals surface area (Å²) in [6.45, 7) is 9.65. The van der Waals surface area contributed by atoms with Crippen LogP contribution in [0.4, 0.5) is 5.69 Å². The van der Waals surface area contributed by atoms with Gasteiger partial charge in [-0.25, -0.2) is 4.98 Å². The number of imidazole rings is 1. The van der Waals surface area contributed by atoms with Crippen LogP contribution in [0.1, 0.15) is 35.9 Å². The highest BCUT2D eigenvalue weighted by molar-refractivity contribution is 5.85. The highest BCUT2D eigenvalue weighted by Gasteiger charge is 2.17. The number of hydrogen-bond donors (Lipinski definition) is 0. The molecule has 0 fully saturated rings. The average molecular weight is 400 g/mol. The molecule has 0 radical (unpaired) electrons. The fourth-order valence-corrected chi connectivity index (χ4v) is 4.31. The Kier molecular flexibility index (Phi) is 6.14. The minimum atomic E-state index is 0. The third-order valence-electron chi connectivity index (χ3n) is 5.95. The van der Waals surface area contributed by atoms with Crippen molar-refractivity contribution in [3.05, 3.63) is 53.2 Å². The Labute approximate surface area is 173 Å². The predicted octanol–water partition coefficient (Wildman–Crippen LogP) is 4.34. The molecule has 0 unspecified atom stereocenters. The fourth-order valence-electron chi connectivity index (χ4n) is 4.31. The van der Waals surface area contributed by atoms with Gasteiger partial charge in [-0.2, -0.15) is 5.10 Å². The van der Waals surface area contributed by atoms with Gasteiger partial charge in [0.1, 0.15) is 0 Å². The van der Waals surface area contributed by atoms with Gasteiger partial charge in [-0.15, -0.1) is 12.4 Å². The fraction of sp³-hybridized carbons (Fsp3) is 0.455. The van der Waals surface area contributed by atoms with E-state index < -0.39 is 0 Å². The van der Waals surface area contributed by atoms with Crippen molar-refractivity contribution in [3.63, 3.8) is 0 Å². The lowest BCUT2D eigenvalue weighted by Crippen LogP contribution is -2.28. The van der Waals surface area contributed by atoms with Crippen molar-refractivity contribution < 1.29 is 0 Å². The Morgan fingerprint density at radius 2 is 2.00 bits per heavy atom. The van der Waals surface area contributed by atoms with Crippen molar-refractivity contribution in [2.45, 2.75) is 46.6 Å². The van der Waals surface area contributed by atoms with Gasteiger partial charge in [0.15, 0.2) is 0 Å². The van der Waals surface area contributed by atoms with E-state index in [2.05, 4.69) is 58.5 Å². The molecular weight excluding hydrogens is 370 g/mol. The van der Waals surface area contributed by atoms with E-state index in [0.29, 0.717) is 0 Å². The van der Waals surface area contributed by atoms with E-state index in [1.807, 2.05) is 24.3 Å². The molecule has 1 aromatic carbocycles. The Bertz CT molecular complexity index is 956. The Morgan fingerprint density at radius 3 is 2.71 bits per heavy atom. The van der Waals surface area contributed by atoms with Crippen LogP contribution in [0, 0.1) is 13.8 Å². The number of benzene rings is 1. The standard InChI is InChI=1S/C22H29N5.ClH/c1-5-26-11-6-7-18-13-19(8-9-21(18)26)22-14-23-15-27(22)12-10-20-16(2)24-25(4)17(20)3;/h8-9,13-15H,5-7,10-12H2,1-4H3;1H. The molecule has 0 saturated carbocycles. The second kappa shape index (κ2) is 8.39. The van der Waals surface area contributed by atoms with Crippen LogP contribution in [0.5, 0.6) is 0 Å². The van der Waals surface area contributed by atoms with Gasteiger partial charge < -0.3 is 9.47 Å². The van der Waals surface area contributed by atoms with Crippen LogP contribution < -0.4 is 4.90 Å². The lowest BCUT2D eigenvalue weighted by molar-refractivity contribution is 0.692. The van der Waals surface area contributed by atoms with Gasteiger partial charge in [0.2, 0.25) is 0 Å². The lowest BCUT2D eigenvalue weighted by atomic mass is 9.98. The van der Waals surface area contributed by atoms with Crippen LogP contribution in [-0.2, 0) is 26.4 Å². The van der Waals surface area contributed by atoms with Crippen molar-refractivity contribution in [1.82, 2.24) is 19.3 Å². The molecule has 2 aromatic heterocycles. The highest BCUT2D eigenvalue weighted by Crippen LogP contribution is 2.31. The molecular formula is C22H30ClN5. The second-order valence-corrected chi connectivity index (χ2v) is 7.52. The lowest BCUT2D eigenvalue weighted by Gasteiger charge is -2.30. The number of halogens is 1. The normalized spacial score (nSPS) is 13.4. The zero-order valence-corrected chi connectivity index (χ0v) is 18.1. The first-order valence-corrected chi connectivity index (χ1v) is 9.96. The number of aromatic nitrogens is 4. The van der Waals surface area contributed by atoms with Crippen LogP contribution in [0.25, 0.3) is 11.3 Å². The molecule has 3 heterocycles. The van der Waals surface area contributed by atoms with Gasteiger partial charge in [0, 0.05) is 43.6 Å². The van der Waals surface area contributed by atoms with Crippen LogP contribution in [0.15, 0.2) is 30.7 Å². The molecule has 0 atom stereocenters. The summed E-state index contributed by atoms with van der Waals surface area (Å²) in [5.41, 5.74) is 9.07. The van der Waals surface area contributed by atoms with E-state index in [9.17, 15) is 0 Å². The molecule has 0 spiro atoms. The van der Waals surface area contributed by atoms with Crippen molar-refractivity contribution in [2.24, 2.45) is 7.05 Å². The third kappa shape index (κ3) is 3.68. The summed E-state index contributed by atoms with van der Waals surface area (Å²) in [5.74, 6) is 0. The van der Waals surface area contributed by atoms with E-state index in [-0.39, 0.29) is 12.4 Å². The SMILES string of the molecule is CCN1CCCc2cc(-c3cncn3CCc3c(C)nn(C)c3C)ccc21.Cl. The molecule has 0 N–H and O–H groups in total. The van der Waals surface area contributed by atoms with Gasteiger partial charge in [0.05, 0.1) is 23.9 Å². The predicted molar refractivity (Wildman–Crippen MR) is 118 cm³/mol. The van der Waals surface area contributed by atoms with Crippen LogP contribution in [-0.4, -0.2) is 32.4 Å². The summed E-state index contributed by atoms with van der Waals surface area (Å²) in [7, 11) is 2.02. The molecule has 4 rings (SSSR count). The molecule has 3 aromatic rings. The van der Waals surface area contributed by atoms with Crippen LogP contribution in [0.3, 0.4) is 0 Å². The number of anilines is 1. The van der Waals surface area contributed by atoms with Gasteiger partial charge in [-0.3, -0.25) is 4.68 Å². The Morgan fingerprint density at radius 1 is 1.18 bits per heavy atom. The van der Waals surface area contributed by atoms with E-state index >= 15 is 0 Å². The molecule has 0 aliphatic carbocycles. The van der Waals surface area contributed by atoms with E-state index in [0.717, 1.165) is 25.2 Å². The van der Waals surface area contributed by atoms with Gasteiger partial charge in [-0.1, -0.05) is 6.07 Å². The molecule has 28 heavy (non-hydrogen) atoms. The van der Waals surface area contributed by atoms with Gasteiger partial charge >= 0.3 is 0 Å². The minimum Gasteiger partial charge on any atom is -0.372 e. The zero-order valence-electron chi connectivity index (χ0n) is 17.3. The molecule has 5 nitrogen and oxygen atoms in total. The van der Waals surface area contributed by atoms with E-state index in [1.165, 1.54) is 53.2 Å². The summed E-state index contributed by atoms with van der Waals surface area (Å²) in [6, 6.07) is 6.91. The summed E-state index contributed by atoms with van der Waals surface area (Å²) in [4.78, 5) is 6.92. The number of aryl methyl sites for hydroxylation is 4. The molecule has 6 heteroatoms. The monoisotopic (exact) mass is 399 g/mol. The highest BCUT2D eigenvalue weighted by atomic mass is 35.5. The third-order valence-corrected chi connectivity index (χ3v) is 5.95. The maximum absolute atomic E-state index is 4.54. The summed E-state index contributed by atoms with van der Waals surface area (Å²) in [5, 5.41) is 4.54. The smallest absolute Gasteiger partial charge is 0.0951 e. The first-order chi connectivity index (χ1) is 13.1. The number of rotatable bonds is 5. The van der Waals surface area contributed by atoms with E-state index in [4.69, 9.17) is 0 Å². The molecule has 0 saturated heterocycles. The summed E-state index contributed by atoms with van der Waals surface area (Å²) in [6.07, 6.45) is 7.33. The van der Waals surface area contributed by atoms with Crippen LogP contribution in [0.2, 0.25) is 0 Å². The van der Waals surface area contributed by atoms with Crippen molar-refractivity contribution in [2.75, 3.05) is 18.0 Å². The van der Waals surface area contributed by atoms with Crippen molar-refractivity contribution in [1.29, 1.82) is 0 Å². The molecule has 150 valence electrons. The Hall–Kier alpha value is -2.27. The average Bonchev–Trinajstić information content (AvgIpc) is 3.24. The maximum atomic E-state index is 4.54. The number of hydrogen-bond acceptors (Lipinski definition) is 3. The maximum Gasteiger partial charge on any atom is 0.0951 e. The van der Waals surface area contributed by atoms with Gasteiger partial charge in [0.25, 0.3) is 0 Å². The molecule has 1 aliphatic rings. The van der Waals surface area contributed by atoms with Crippen molar-refractivity contribution in [3.8, 4) is 11.3 Å². The zero-order chi connectivity index (χ0) is 19.0.